The number of aliphatic hydroxyl groups is 1. The fourth-order valence-corrected chi connectivity index (χ4v) is 3.17. The summed E-state index contributed by atoms with van der Waals surface area (Å²) in [6, 6.07) is 12.6. The molecule has 1 N–H and O–H groups in total. The number of nitrogens with zero attached hydrogens (tertiary/aromatic N) is 2. The zero-order chi connectivity index (χ0) is 21.3. The second-order valence-electron chi connectivity index (χ2n) is 7.71. The van der Waals surface area contributed by atoms with E-state index >= 15 is 0 Å². The Morgan fingerprint density at radius 2 is 1.52 bits per heavy atom. The highest BCUT2D eigenvalue weighted by Crippen LogP contribution is 2.43. The molecule has 0 saturated heterocycles. The maximum atomic E-state index is 12.3. The first-order valence-electron chi connectivity index (χ1n) is 8.96. The zero-order valence-corrected chi connectivity index (χ0v) is 16.2. The van der Waals surface area contributed by atoms with Gasteiger partial charge in [0, 0.05) is 35.1 Å². The van der Waals surface area contributed by atoms with E-state index in [-0.39, 0.29) is 5.75 Å². The second-order valence-corrected chi connectivity index (χ2v) is 7.71. The molecular formula is C22H21F3N2O2. The molecule has 0 fully saturated rings. The first-order valence-corrected chi connectivity index (χ1v) is 8.96. The number of hydrogen-bond donors (Lipinski definition) is 1. The smallest absolute Gasteiger partial charge is 0.406 e. The lowest BCUT2D eigenvalue weighted by Crippen LogP contribution is -2.42. The van der Waals surface area contributed by atoms with Gasteiger partial charge in [0.2, 0.25) is 0 Å². The molecule has 0 amide bonds. The predicted octanol–water partition coefficient (Wildman–Crippen LogP) is 5.32. The van der Waals surface area contributed by atoms with Crippen molar-refractivity contribution in [3.8, 4) is 16.9 Å². The maximum Gasteiger partial charge on any atom is 0.573 e. The zero-order valence-electron chi connectivity index (χ0n) is 16.2. The van der Waals surface area contributed by atoms with Gasteiger partial charge in [0.05, 0.1) is 5.69 Å². The van der Waals surface area contributed by atoms with Gasteiger partial charge in [-0.25, -0.2) is 0 Å². The van der Waals surface area contributed by atoms with Crippen LogP contribution in [-0.4, -0.2) is 21.4 Å². The van der Waals surface area contributed by atoms with Crippen molar-refractivity contribution in [3.05, 3.63) is 78.4 Å². The largest absolute Gasteiger partial charge is 0.573 e. The van der Waals surface area contributed by atoms with Crippen LogP contribution in [0.5, 0.6) is 5.75 Å². The molecule has 0 aliphatic heterocycles. The highest BCUT2D eigenvalue weighted by molar-refractivity contribution is 5.63. The Morgan fingerprint density at radius 3 is 2.00 bits per heavy atom. The highest BCUT2D eigenvalue weighted by atomic mass is 19.4. The van der Waals surface area contributed by atoms with Gasteiger partial charge in [-0.05, 0) is 29.8 Å². The van der Waals surface area contributed by atoms with Crippen molar-refractivity contribution >= 4 is 0 Å². The molecule has 2 heterocycles. The Labute approximate surface area is 167 Å². The van der Waals surface area contributed by atoms with Crippen LogP contribution in [0, 0.1) is 5.41 Å². The molecule has 0 spiro atoms. The van der Waals surface area contributed by atoms with E-state index in [9.17, 15) is 18.3 Å². The van der Waals surface area contributed by atoms with Crippen LogP contribution in [0.1, 0.15) is 32.0 Å². The Bertz CT molecular complexity index is 951. The molecule has 4 nitrogen and oxygen atoms in total. The third kappa shape index (κ3) is 4.40. The fourth-order valence-electron chi connectivity index (χ4n) is 3.17. The van der Waals surface area contributed by atoms with E-state index in [0.717, 1.165) is 0 Å². The van der Waals surface area contributed by atoms with Crippen molar-refractivity contribution in [2.45, 2.75) is 32.7 Å². The Balaban J connectivity index is 1.93. The summed E-state index contributed by atoms with van der Waals surface area (Å²) in [7, 11) is 0. The maximum absolute atomic E-state index is 12.3. The topological polar surface area (TPSA) is 55.2 Å². The molecule has 7 heteroatoms. The molecule has 3 aromatic rings. The lowest BCUT2D eigenvalue weighted by atomic mass is 9.70. The van der Waals surface area contributed by atoms with Crippen LogP contribution < -0.4 is 4.74 Å². The number of rotatable bonds is 4. The van der Waals surface area contributed by atoms with Gasteiger partial charge in [-0.2, -0.15) is 0 Å². The van der Waals surface area contributed by atoms with Crippen LogP contribution in [0.25, 0.3) is 11.1 Å². The van der Waals surface area contributed by atoms with Crippen molar-refractivity contribution in [1.29, 1.82) is 0 Å². The van der Waals surface area contributed by atoms with Crippen molar-refractivity contribution in [1.82, 2.24) is 9.97 Å². The van der Waals surface area contributed by atoms with Crippen LogP contribution in [0.3, 0.4) is 0 Å². The molecule has 1 atom stereocenters. The molecule has 1 aromatic carbocycles. The summed E-state index contributed by atoms with van der Waals surface area (Å²) in [6.07, 6.45) is 0.103. The Kier molecular flexibility index (Phi) is 5.36. The number of pyridine rings is 2. The summed E-state index contributed by atoms with van der Waals surface area (Å²) in [5, 5.41) is 11.6. The lowest BCUT2D eigenvalue weighted by Gasteiger charge is -2.40. The van der Waals surface area contributed by atoms with Gasteiger partial charge < -0.3 is 9.84 Å². The van der Waals surface area contributed by atoms with Crippen molar-refractivity contribution in [2.24, 2.45) is 5.41 Å². The number of halogens is 3. The van der Waals surface area contributed by atoms with E-state index in [0.29, 0.717) is 22.4 Å². The minimum absolute atomic E-state index is 0.287. The number of hydrogen-bond acceptors (Lipinski definition) is 4. The van der Waals surface area contributed by atoms with Gasteiger partial charge in [-0.15, -0.1) is 13.2 Å². The summed E-state index contributed by atoms with van der Waals surface area (Å²) in [6.45, 7) is 5.74. The van der Waals surface area contributed by atoms with Crippen LogP contribution in [0.2, 0.25) is 0 Å². The van der Waals surface area contributed by atoms with Crippen molar-refractivity contribution in [2.75, 3.05) is 0 Å². The van der Waals surface area contributed by atoms with Gasteiger partial charge in [-0.1, -0.05) is 45.0 Å². The monoisotopic (exact) mass is 402 g/mol. The first kappa shape index (κ1) is 20.8. The average Bonchev–Trinajstić information content (AvgIpc) is 2.67. The standard InChI is InChI=1S/C22H21F3N2O2/c1-20(2,3)21(28,17-5-4-12-26-14-17)19-11-8-16(13-27-19)15-6-9-18(10-7-15)29-22(23,24)25/h4-14,28H,1-3H3. The van der Waals surface area contributed by atoms with Crippen LogP contribution >= 0.6 is 0 Å². The number of alkyl halides is 3. The summed E-state index contributed by atoms with van der Waals surface area (Å²) in [4.78, 5) is 8.57. The van der Waals surface area contributed by atoms with Gasteiger partial charge in [0.1, 0.15) is 11.4 Å². The third-order valence-electron chi connectivity index (χ3n) is 4.72. The van der Waals surface area contributed by atoms with Crippen molar-refractivity contribution < 1.29 is 23.0 Å². The van der Waals surface area contributed by atoms with Crippen LogP contribution in [0.15, 0.2) is 67.1 Å². The molecular weight excluding hydrogens is 381 g/mol. The molecule has 29 heavy (non-hydrogen) atoms. The number of ether oxygens (including phenoxy) is 1. The van der Waals surface area contributed by atoms with Gasteiger partial charge in [-0.3, -0.25) is 9.97 Å². The molecule has 3 rings (SSSR count). The molecule has 152 valence electrons. The lowest BCUT2D eigenvalue weighted by molar-refractivity contribution is -0.274. The third-order valence-corrected chi connectivity index (χ3v) is 4.72. The van der Waals surface area contributed by atoms with Gasteiger partial charge in [0.15, 0.2) is 0 Å². The van der Waals surface area contributed by atoms with E-state index in [2.05, 4.69) is 14.7 Å². The summed E-state index contributed by atoms with van der Waals surface area (Å²) < 4.78 is 40.8. The molecule has 0 aliphatic carbocycles. The van der Waals surface area contributed by atoms with E-state index in [1.807, 2.05) is 20.8 Å². The van der Waals surface area contributed by atoms with Crippen LogP contribution in [-0.2, 0) is 5.60 Å². The van der Waals surface area contributed by atoms with Crippen LogP contribution in [0.4, 0.5) is 13.2 Å². The average molecular weight is 402 g/mol. The number of aromatic nitrogens is 2. The second kappa shape index (κ2) is 7.48. The molecule has 0 saturated carbocycles. The van der Waals surface area contributed by atoms with E-state index < -0.39 is 17.4 Å². The fraction of sp³-hybridized carbons (Fsp3) is 0.273. The minimum Gasteiger partial charge on any atom is -0.406 e. The minimum atomic E-state index is -4.73. The van der Waals surface area contributed by atoms with Crippen molar-refractivity contribution in [3.63, 3.8) is 0 Å². The highest BCUT2D eigenvalue weighted by Gasteiger charge is 2.44. The quantitative estimate of drug-likeness (QED) is 0.641. The molecule has 0 radical (unpaired) electrons. The van der Waals surface area contributed by atoms with E-state index in [1.54, 1.807) is 42.9 Å². The Morgan fingerprint density at radius 1 is 0.862 bits per heavy atom. The molecule has 0 aliphatic rings. The Hall–Kier alpha value is -2.93. The predicted molar refractivity (Wildman–Crippen MR) is 103 cm³/mol. The van der Waals surface area contributed by atoms with Gasteiger partial charge in [0.25, 0.3) is 0 Å². The van der Waals surface area contributed by atoms with Gasteiger partial charge >= 0.3 is 6.36 Å². The molecule has 0 bridgehead atoms. The summed E-state index contributed by atoms with van der Waals surface area (Å²) in [5.74, 6) is -0.287. The number of benzene rings is 1. The van der Waals surface area contributed by atoms with E-state index in [4.69, 9.17) is 0 Å². The molecule has 2 aromatic heterocycles. The molecule has 1 unspecified atom stereocenters. The normalized spacial score (nSPS) is 14.3. The van der Waals surface area contributed by atoms with E-state index in [1.165, 1.54) is 24.3 Å². The summed E-state index contributed by atoms with van der Waals surface area (Å²) >= 11 is 0. The first-order chi connectivity index (χ1) is 13.5. The summed E-state index contributed by atoms with van der Waals surface area (Å²) in [5.41, 5.74) is 0.528. The SMILES string of the molecule is CC(C)(C)C(O)(c1cccnc1)c1ccc(-c2ccc(OC(F)(F)F)cc2)cn1.